The van der Waals surface area contributed by atoms with Gasteiger partial charge in [0, 0.05) is 25.9 Å². The van der Waals surface area contributed by atoms with Crippen LogP contribution in [0.2, 0.25) is 0 Å². The maximum Gasteiger partial charge on any atom is 0.251 e. The molecule has 0 aromatic carbocycles. The molecular weight excluding hydrogens is 212 g/mol. The lowest BCUT2D eigenvalue weighted by molar-refractivity contribution is -0.106. The lowest BCUT2D eigenvalue weighted by Crippen LogP contribution is -2.52. The van der Waals surface area contributed by atoms with Crippen molar-refractivity contribution in [3.63, 3.8) is 0 Å². The minimum atomic E-state index is -3.39. The van der Waals surface area contributed by atoms with Gasteiger partial charge in [0.05, 0.1) is 5.25 Å². The van der Waals surface area contributed by atoms with Gasteiger partial charge in [-0.3, -0.25) is 0 Å². The van der Waals surface area contributed by atoms with Gasteiger partial charge in [0.25, 0.3) is 5.92 Å². The zero-order chi connectivity index (χ0) is 11.1. The predicted molar refractivity (Wildman–Crippen MR) is 49.8 cm³/mol. The number of rotatable bonds is 3. The van der Waals surface area contributed by atoms with Crippen molar-refractivity contribution < 1.29 is 17.2 Å². The molecule has 0 atom stereocenters. The van der Waals surface area contributed by atoms with Crippen LogP contribution in [0.15, 0.2) is 0 Å². The van der Waals surface area contributed by atoms with E-state index in [1.165, 1.54) is 7.05 Å². The Morgan fingerprint density at radius 2 is 1.79 bits per heavy atom. The Morgan fingerprint density at radius 1 is 1.36 bits per heavy atom. The summed E-state index contributed by atoms with van der Waals surface area (Å²) in [4.78, 5) is 0. The second-order valence-corrected chi connectivity index (χ2v) is 6.58. The molecule has 1 rings (SSSR count). The molecule has 1 aliphatic carbocycles. The van der Waals surface area contributed by atoms with E-state index in [0.717, 1.165) is 4.31 Å². The summed E-state index contributed by atoms with van der Waals surface area (Å²) in [5, 5.41) is -0.554. The van der Waals surface area contributed by atoms with Crippen LogP contribution < -0.4 is 0 Å². The lowest BCUT2D eigenvalue weighted by atomic mass is 9.88. The number of nitrogens with zero attached hydrogens (tertiary/aromatic N) is 1. The van der Waals surface area contributed by atoms with E-state index < -0.39 is 27.2 Å². The third kappa shape index (κ3) is 2.06. The molecule has 84 valence electrons. The van der Waals surface area contributed by atoms with Crippen molar-refractivity contribution >= 4 is 10.0 Å². The first-order valence-electron chi connectivity index (χ1n) is 4.51. The first kappa shape index (κ1) is 11.8. The Balaban J connectivity index is 2.65. The molecular formula is C8H15F2NO2S. The van der Waals surface area contributed by atoms with Gasteiger partial charge in [0.1, 0.15) is 0 Å². The topological polar surface area (TPSA) is 37.4 Å². The van der Waals surface area contributed by atoms with Crippen molar-refractivity contribution in [3.05, 3.63) is 0 Å². The quantitative estimate of drug-likeness (QED) is 0.732. The van der Waals surface area contributed by atoms with E-state index in [2.05, 4.69) is 0 Å². The highest BCUT2D eigenvalue weighted by Gasteiger charge is 2.49. The zero-order valence-electron chi connectivity index (χ0n) is 8.50. The normalized spacial score (nSPS) is 22.8. The molecule has 0 aromatic rings. The van der Waals surface area contributed by atoms with E-state index in [-0.39, 0.29) is 12.8 Å². The van der Waals surface area contributed by atoms with E-state index >= 15 is 0 Å². The molecule has 0 spiro atoms. The third-order valence-electron chi connectivity index (χ3n) is 2.58. The number of alkyl halides is 2. The molecule has 14 heavy (non-hydrogen) atoms. The highest BCUT2D eigenvalue weighted by Crippen LogP contribution is 2.41. The van der Waals surface area contributed by atoms with E-state index in [0.29, 0.717) is 0 Å². The number of halogens is 2. The summed E-state index contributed by atoms with van der Waals surface area (Å²) in [5.41, 5.74) is 0. The lowest BCUT2D eigenvalue weighted by Gasteiger charge is -2.40. The van der Waals surface area contributed by atoms with E-state index in [4.69, 9.17) is 0 Å². The largest absolute Gasteiger partial charge is 0.251 e. The molecule has 1 saturated carbocycles. The Morgan fingerprint density at radius 3 is 2.07 bits per heavy atom. The van der Waals surface area contributed by atoms with Gasteiger partial charge in [0.15, 0.2) is 0 Å². The van der Waals surface area contributed by atoms with E-state index in [1.54, 1.807) is 13.8 Å². The van der Waals surface area contributed by atoms with Crippen molar-refractivity contribution in [1.82, 2.24) is 4.31 Å². The van der Waals surface area contributed by atoms with E-state index in [1.807, 2.05) is 0 Å². The van der Waals surface area contributed by atoms with E-state index in [9.17, 15) is 17.2 Å². The van der Waals surface area contributed by atoms with Crippen LogP contribution in [0.25, 0.3) is 0 Å². The minimum Gasteiger partial charge on any atom is -0.212 e. The molecule has 0 saturated heterocycles. The molecule has 1 fully saturated rings. The maximum absolute atomic E-state index is 12.5. The predicted octanol–water partition coefficient (Wildman–Crippen LogP) is 1.45. The molecule has 0 aliphatic heterocycles. The monoisotopic (exact) mass is 227 g/mol. The molecule has 0 unspecified atom stereocenters. The van der Waals surface area contributed by atoms with Gasteiger partial charge in [0.2, 0.25) is 10.0 Å². The van der Waals surface area contributed by atoms with Gasteiger partial charge in [-0.15, -0.1) is 0 Å². The fourth-order valence-electron chi connectivity index (χ4n) is 1.43. The molecule has 0 bridgehead atoms. The third-order valence-corrected chi connectivity index (χ3v) is 4.87. The molecule has 3 nitrogen and oxygen atoms in total. The van der Waals surface area contributed by atoms with Crippen LogP contribution in [-0.4, -0.2) is 37.0 Å². The summed E-state index contributed by atoms with van der Waals surface area (Å²) in [6, 6.07) is -0.530. The summed E-state index contributed by atoms with van der Waals surface area (Å²) in [5.74, 6) is -2.68. The van der Waals surface area contributed by atoms with Crippen molar-refractivity contribution in [2.45, 2.75) is 43.9 Å². The molecule has 0 N–H and O–H groups in total. The average molecular weight is 227 g/mol. The number of hydrogen-bond donors (Lipinski definition) is 0. The molecule has 0 aromatic heterocycles. The Hall–Kier alpha value is -0.230. The first-order valence-corrected chi connectivity index (χ1v) is 6.02. The summed E-state index contributed by atoms with van der Waals surface area (Å²) < 4.78 is 49.2. The second-order valence-electron chi connectivity index (χ2n) is 4.03. The van der Waals surface area contributed by atoms with Crippen molar-refractivity contribution in [3.8, 4) is 0 Å². The maximum atomic E-state index is 12.5. The van der Waals surface area contributed by atoms with Crippen LogP contribution in [0.4, 0.5) is 8.78 Å². The van der Waals surface area contributed by atoms with Crippen molar-refractivity contribution in [2.24, 2.45) is 0 Å². The Labute approximate surface area is 83.1 Å². The van der Waals surface area contributed by atoms with Gasteiger partial charge in [-0.05, 0) is 13.8 Å². The smallest absolute Gasteiger partial charge is 0.212 e. The molecule has 1 aliphatic rings. The second kappa shape index (κ2) is 3.41. The van der Waals surface area contributed by atoms with Crippen LogP contribution in [0.3, 0.4) is 0 Å². The SMILES string of the molecule is CC(C)S(=O)(=O)N(C)C1CC(F)(F)C1. The minimum absolute atomic E-state index is 0.352. The van der Waals surface area contributed by atoms with Crippen LogP contribution in [0.5, 0.6) is 0 Å². The Bertz CT molecular complexity index is 305. The van der Waals surface area contributed by atoms with Crippen LogP contribution >= 0.6 is 0 Å². The molecule has 6 heteroatoms. The van der Waals surface area contributed by atoms with Gasteiger partial charge in [-0.2, -0.15) is 0 Å². The standard InChI is InChI=1S/C8H15F2NO2S/c1-6(2)14(12,13)11(3)7-4-8(9,10)5-7/h6-7H,4-5H2,1-3H3. The summed E-state index contributed by atoms with van der Waals surface area (Å²) in [6.07, 6.45) is -0.703. The van der Waals surface area contributed by atoms with Gasteiger partial charge in [-0.25, -0.2) is 21.5 Å². The van der Waals surface area contributed by atoms with Crippen molar-refractivity contribution in [1.29, 1.82) is 0 Å². The van der Waals surface area contributed by atoms with Gasteiger partial charge >= 0.3 is 0 Å². The van der Waals surface area contributed by atoms with Crippen molar-refractivity contribution in [2.75, 3.05) is 7.05 Å². The summed E-state index contributed by atoms with van der Waals surface area (Å²) >= 11 is 0. The van der Waals surface area contributed by atoms with Crippen LogP contribution in [-0.2, 0) is 10.0 Å². The Kier molecular flexibility index (Phi) is 2.89. The summed E-state index contributed by atoms with van der Waals surface area (Å²) in [6.45, 7) is 3.09. The first-order chi connectivity index (χ1) is 6.17. The van der Waals surface area contributed by atoms with Crippen LogP contribution in [0, 0.1) is 0 Å². The fraction of sp³-hybridized carbons (Fsp3) is 1.00. The molecule has 0 amide bonds. The number of hydrogen-bond acceptors (Lipinski definition) is 2. The van der Waals surface area contributed by atoms with Crippen LogP contribution in [0.1, 0.15) is 26.7 Å². The average Bonchev–Trinajstić information content (AvgIpc) is 1.98. The fourth-order valence-corrected chi connectivity index (χ4v) is 2.66. The highest BCUT2D eigenvalue weighted by atomic mass is 32.2. The van der Waals surface area contributed by atoms with Gasteiger partial charge in [-0.1, -0.05) is 0 Å². The molecule has 0 radical (unpaired) electrons. The number of sulfonamides is 1. The molecule has 0 heterocycles. The highest BCUT2D eigenvalue weighted by molar-refractivity contribution is 7.89. The zero-order valence-corrected chi connectivity index (χ0v) is 9.31. The summed E-state index contributed by atoms with van der Waals surface area (Å²) in [7, 11) is -2.02. The van der Waals surface area contributed by atoms with Gasteiger partial charge < -0.3 is 0 Å².